The van der Waals surface area contributed by atoms with Gasteiger partial charge in [-0.15, -0.1) is 5.10 Å². The van der Waals surface area contributed by atoms with Gasteiger partial charge in [0.2, 0.25) is 17.7 Å². The summed E-state index contributed by atoms with van der Waals surface area (Å²) in [5, 5.41) is 8.29. The molecule has 168 valence electrons. The van der Waals surface area contributed by atoms with Gasteiger partial charge in [-0.3, -0.25) is 14.3 Å². The zero-order valence-corrected chi connectivity index (χ0v) is 18.6. The molecule has 2 aliphatic heterocycles. The van der Waals surface area contributed by atoms with Gasteiger partial charge in [-0.1, -0.05) is 13.0 Å². The first-order valence-electron chi connectivity index (χ1n) is 11.0. The lowest BCUT2D eigenvalue weighted by Crippen LogP contribution is -2.47. The highest BCUT2D eigenvalue weighted by molar-refractivity contribution is 5.89. The minimum atomic E-state index is -0.382. The summed E-state index contributed by atoms with van der Waals surface area (Å²) >= 11 is 0. The van der Waals surface area contributed by atoms with E-state index < -0.39 is 0 Å². The Balaban J connectivity index is 1.38. The van der Waals surface area contributed by atoms with Crippen LogP contribution in [-0.2, 0) is 27.9 Å². The van der Waals surface area contributed by atoms with Crippen LogP contribution < -0.4 is 10.1 Å². The van der Waals surface area contributed by atoms with E-state index in [1.165, 1.54) is 0 Å². The topological polar surface area (TPSA) is 85.7 Å². The zero-order chi connectivity index (χ0) is 22.0. The predicted octanol–water partition coefficient (Wildman–Crippen LogP) is 2.40. The summed E-state index contributed by atoms with van der Waals surface area (Å²) in [6.45, 7) is 4.63. The van der Waals surface area contributed by atoms with Crippen LogP contribution in [0.15, 0.2) is 18.2 Å². The zero-order valence-electron chi connectivity index (χ0n) is 18.6. The summed E-state index contributed by atoms with van der Waals surface area (Å²) in [6, 6.07) is 5.57. The third-order valence-electron chi connectivity index (χ3n) is 6.69. The average Bonchev–Trinajstić information content (AvgIpc) is 3.37. The molecule has 0 aliphatic carbocycles. The van der Waals surface area contributed by atoms with Crippen molar-refractivity contribution in [1.82, 2.24) is 20.0 Å². The molecule has 4 rings (SSSR count). The van der Waals surface area contributed by atoms with Crippen LogP contribution >= 0.6 is 0 Å². The van der Waals surface area contributed by atoms with E-state index in [4.69, 9.17) is 9.47 Å². The minimum Gasteiger partial charge on any atom is -0.479 e. The number of carbonyl (C=O) groups excluding carboxylic acids is 2. The molecule has 2 aliphatic rings. The number of nitrogens with zero attached hydrogens (tertiary/aromatic N) is 3. The van der Waals surface area contributed by atoms with E-state index in [0.717, 1.165) is 35.7 Å². The SMILES string of the molecule is COc1nn(C)c2ccc(CNC(=O)C3CCCN3C(=O)CC3(C)CCOCC3)cc12. The molecule has 1 aromatic heterocycles. The molecule has 1 unspecified atom stereocenters. The molecular weight excluding hydrogens is 396 g/mol. The van der Waals surface area contributed by atoms with Gasteiger partial charge in [0, 0.05) is 39.8 Å². The molecule has 0 radical (unpaired) electrons. The van der Waals surface area contributed by atoms with Crippen molar-refractivity contribution in [2.24, 2.45) is 12.5 Å². The molecular formula is C23H32N4O4. The van der Waals surface area contributed by atoms with E-state index in [2.05, 4.69) is 17.3 Å². The molecule has 8 nitrogen and oxygen atoms in total. The van der Waals surface area contributed by atoms with Crippen LogP contribution in [0.5, 0.6) is 5.88 Å². The number of rotatable bonds is 6. The van der Waals surface area contributed by atoms with Gasteiger partial charge in [0.15, 0.2) is 0 Å². The Morgan fingerprint density at radius 2 is 2.10 bits per heavy atom. The summed E-state index contributed by atoms with van der Waals surface area (Å²) in [6.07, 6.45) is 3.85. The van der Waals surface area contributed by atoms with Gasteiger partial charge in [0.05, 0.1) is 18.0 Å². The Labute approximate surface area is 182 Å². The Bertz CT molecular complexity index is 964. The summed E-state index contributed by atoms with van der Waals surface area (Å²) in [7, 11) is 3.47. The molecule has 2 amide bonds. The van der Waals surface area contributed by atoms with Crippen LogP contribution in [0.4, 0.5) is 0 Å². The molecule has 0 spiro atoms. The number of ether oxygens (including phenoxy) is 2. The van der Waals surface area contributed by atoms with Gasteiger partial charge >= 0.3 is 0 Å². The van der Waals surface area contributed by atoms with E-state index in [9.17, 15) is 9.59 Å². The molecule has 3 heterocycles. The van der Waals surface area contributed by atoms with E-state index in [1.807, 2.05) is 25.2 Å². The third kappa shape index (κ3) is 4.54. The molecule has 31 heavy (non-hydrogen) atoms. The van der Waals surface area contributed by atoms with Crippen molar-refractivity contribution < 1.29 is 19.1 Å². The quantitative estimate of drug-likeness (QED) is 0.764. The first-order chi connectivity index (χ1) is 14.9. The van der Waals surface area contributed by atoms with Gasteiger partial charge in [-0.25, -0.2) is 0 Å². The minimum absolute atomic E-state index is 0.0306. The summed E-state index contributed by atoms with van der Waals surface area (Å²) < 4.78 is 12.6. The number of amides is 2. The second-order valence-electron chi connectivity index (χ2n) is 9.05. The molecule has 1 N–H and O–H groups in total. The van der Waals surface area contributed by atoms with Crippen molar-refractivity contribution in [3.8, 4) is 5.88 Å². The van der Waals surface area contributed by atoms with Gasteiger partial charge in [0.25, 0.3) is 0 Å². The molecule has 0 saturated carbocycles. The number of methoxy groups -OCH3 is 1. The van der Waals surface area contributed by atoms with Gasteiger partial charge in [-0.2, -0.15) is 0 Å². The first kappa shape index (κ1) is 21.6. The monoisotopic (exact) mass is 428 g/mol. The lowest BCUT2D eigenvalue weighted by atomic mass is 9.79. The Morgan fingerprint density at radius 3 is 2.84 bits per heavy atom. The van der Waals surface area contributed by atoms with Crippen LogP contribution in [0.1, 0.15) is 44.6 Å². The fourth-order valence-electron chi connectivity index (χ4n) is 4.69. The fraction of sp³-hybridized carbons (Fsp3) is 0.609. The molecule has 1 aromatic carbocycles. The number of aromatic nitrogens is 2. The number of likely N-dealkylation sites (tertiary alicyclic amines) is 1. The lowest BCUT2D eigenvalue weighted by molar-refractivity contribution is -0.141. The highest BCUT2D eigenvalue weighted by atomic mass is 16.5. The maximum Gasteiger partial charge on any atom is 0.243 e. The lowest BCUT2D eigenvalue weighted by Gasteiger charge is -2.35. The fourth-order valence-corrected chi connectivity index (χ4v) is 4.69. The molecule has 2 saturated heterocycles. The standard InChI is InChI=1S/C23H32N4O4/c1-23(8-11-31-12-9-23)14-20(28)27-10-4-5-19(27)21(29)24-15-16-6-7-18-17(13-16)22(30-3)25-26(18)2/h6-7,13,19H,4-5,8-12,14-15H2,1-3H3,(H,24,29). The van der Waals surface area contributed by atoms with Crippen molar-refractivity contribution in [2.75, 3.05) is 26.9 Å². The summed E-state index contributed by atoms with van der Waals surface area (Å²) in [5.41, 5.74) is 1.91. The van der Waals surface area contributed by atoms with Crippen molar-refractivity contribution in [3.63, 3.8) is 0 Å². The van der Waals surface area contributed by atoms with Crippen molar-refractivity contribution in [2.45, 2.75) is 51.6 Å². The highest BCUT2D eigenvalue weighted by Crippen LogP contribution is 2.35. The van der Waals surface area contributed by atoms with Crippen molar-refractivity contribution in [3.05, 3.63) is 23.8 Å². The van der Waals surface area contributed by atoms with Crippen molar-refractivity contribution >= 4 is 22.7 Å². The number of fused-ring (bicyclic) bond motifs is 1. The molecule has 2 fully saturated rings. The van der Waals surface area contributed by atoms with E-state index in [-0.39, 0.29) is 23.3 Å². The maximum absolute atomic E-state index is 13.0. The summed E-state index contributed by atoms with van der Waals surface area (Å²) in [5.74, 6) is 0.574. The van der Waals surface area contributed by atoms with Crippen LogP contribution in [0, 0.1) is 5.41 Å². The van der Waals surface area contributed by atoms with Crippen LogP contribution in [0.25, 0.3) is 10.9 Å². The van der Waals surface area contributed by atoms with E-state index >= 15 is 0 Å². The smallest absolute Gasteiger partial charge is 0.243 e. The molecule has 0 bridgehead atoms. The third-order valence-corrected chi connectivity index (χ3v) is 6.69. The number of hydrogen-bond acceptors (Lipinski definition) is 5. The number of hydrogen-bond donors (Lipinski definition) is 1. The summed E-state index contributed by atoms with van der Waals surface area (Å²) in [4.78, 5) is 27.7. The first-order valence-corrected chi connectivity index (χ1v) is 11.0. The van der Waals surface area contributed by atoms with E-state index in [0.29, 0.717) is 45.0 Å². The molecule has 1 atom stereocenters. The number of nitrogens with one attached hydrogen (secondary N) is 1. The average molecular weight is 429 g/mol. The Hall–Kier alpha value is -2.61. The normalized spacial score (nSPS) is 20.7. The predicted molar refractivity (Wildman–Crippen MR) is 117 cm³/mol. The number of carbonyl (C=O) groups is 2. The van der Waals surface area contributed by atoms with Crippen molar-refractivity contribution in [1.29, 1.82) is 0 Å². The van der Waals surface area contributed by atoms with Gasteiger partial charge in [-0.05, 0) is 48.8 Å². The maximum atomic E-state index is 13.0. The van der Waals surface area contributed by atoms with Crippen LogP contribution in [-0.4, -0.2) is 59.4 Å². The second kappa shape index (κ2) is 8.86. The Kier molecular flexibility index (Phi) is 6.18. The van der Waals surface area contributed by atoms with Gasteiger partial charge in [0.1, 0.15) is 6.04 Å². The largest absolute Gasteiger partial charge is 0.479 e. The van der Waals surface area contributed by atoms with E-state index in [1.54, 1.807) is 16.7 Å². The second-order valence-corrected chi connectivity index (χ2v) is 9.05. The van der Waals surface area contributed by atoms with Crippen LogP contribution in [0.3, 0.4) is 0 Å². The molecule has 2 aromatic rings. The van der Waals surface area contributed by atoms with Gasteiger partial charge < -0.3 is 19.7 Å². The highest BCUT2D eigenvalue weighted by Gasteiger charge is 2.38. The number of benzene rings is 1. The Morgan fingerprint density at radius 1 is 1.32 bits per heavy atom. The molecule has 8 heteroatoms. The van der Waals surface area contributed by atoms with Crippen LogP contribution in [0.2, 0.25) is 0 Å². The number of aryl methyl sites for hydroxylation is 1.